The van der Waals surface area contributed by atoms with Crippen LogP contribution in [0.5, 0.6) is 0 Å². The van der Waals surface area contributed by atoms with Crippen LogP contribution in [-0.2, 0) is 14.9 Å². The molecule has 0 spiro atoms. The molecule has 94 valence electrons. The van der Waals surface area contributed by atoms with E-state index in [1.54, 1.807) is 12.4 Å². The minimum atomic E-state index is -4.14. The molecular formula is C10H14N2O4S. The molecule has 0 radical (unpaired) electrons. The molecule has 7 heteroatoms. The van der Waals surface area contributed by atoms with Crippen molar-refractivity contribution in [1.82, 2.24) is 9.97 Å². The van der Waals surface area contributed by atoms with Crippen molar-refractivity contribution in [1.29, 1.82) is 0 Å². The molecule has 6 nitrogen and oxygen atoms in total. The van der Waals surface area contributed by atoms with Gasteiger partial charge in [0.1, 0.15) is 11.4 Å². The molecule has 0 bridgehead atoms. The molecule has 2 heterocycles. The van der Waals surface area contributed by atoms with Crippen LogP contribution >= 0.6 is 0 Å². The van der Waals surface area contributed by atoms with E-state index in [2.05, 4.69) is 9.97 Å². The second kappa shape index (κ2) is 4.67. The number of rotatable bonds is 2. The van der Waals surface area contributed by atoms with Gasteiger partial charge in [0.05, 0.1) is 0 Å². The largest absolute Gasteiger partial charge is 0.369 e. The van der Waals surface area contributed by atoms with Crippen molar-refractivity contribution in [3.8, 4) is 0 Å². The van der Waals surface area contributed by atoms with Crippen LogP contribution in [0.15, 0.2) is 12.4 Å². The summed E-state index contributed by atoms with van der Waals surface area (Å²) in [4.78, 5) is 8.11. The zero-order chi connectivity index (χ0) is 12.5. The molecule has 1 aliphatic rings. The minimum Gasteiger partial charge on any atom is -0.369 e. The van der Waals surface area contributed by atoms with Gasteiger partial charge in [-0.15, -0.1) is 0 Å². The van der Waals surface area contributed by atoms with Crippen molar-refractivity contribution in [3.05, 3.63) is 23.8 Å². The van der Waals surface area contributed by atoms with E-state index in [-0.39, 0.29) is 0 Å². The molecule has 1 aliphatic heterocycles. The molecule has 1 saturated heterocycles. The molecule has 0 saturated carbocycles. The van der Waals surface area contributed by atoms with Crippen LogP contribution in [0.1, 0.15) is 30.3 Å². The quantitative estimate of drug-likeness (QED) is 0.792. The molecule has 1 aromatic heterocycles. The van der Waals surface area contributed by atoms with Crippen LogP contribution in [0.4, 0.5) is 0 Å². The van der Waals surface area contributed by atoms with Gasteiger partial charge in [0.15, 0.2) is 5.82 Å². The van der Waals surface area contributed by atoms with Gasteiger partial charge >= 0.3 is 0 Å². The maximum Gasteiger partial charge on any atom is 0.270 e. The molecule has 0 amide bonds. The summed E-state index contributed by atoms with van der Waals surface area (Å²) in [5.74, 6) is 0.304. The van der Waals surface area contributed by atoms with E-state index in [1.807, 2.05) is 6.92 Å². The van der Waals surface area contributed by atoms with Crippen LogP contribution in [0.25, 0.3) is 0 Å². The first-order valence-corrected chi connectivity index (χ1v) is 6.85. The SMILES string of the molecule is Cc1cnc([C@H]2OCCC[C@H]2S(=O)(=O)O)nc1. The summed E-state index contributed by atoms with van der Waals surface area (Å²) in [6.07, 6.45) is 3.38. The fourth-order valence-electron chi connectivity index (χ4n) is 1.85. The van der Waals surface area contributed by atoms with E-state index < -0.39 is 21.5 Å². The number of nitrogens with zero attached hydrogens (tertiary/aromatic N) is 2. The molecule has 0 aromatic carbocycles. The summed E-state index contributed by atoms with van der Waals surface area (Å²) >= 11 is 0. The van der Waals surface area contributed by atoms with Gasteiger partial charge in [-0.25, -0.2) is 9.97 Å². The van der Waals surface area contributed by atoms with Crippen LogP contribution < -0.4 is 0 Å². The third-order valence-corrected chi connectivity index (χ3v) is 3.95. The molecule has 1 N–H and O–H groups in total. The predicted octanol–water partition coefficient (Wildman–Crippen LogP) is 0.893. The zero-order valence-corrected chi connectivity index (χ0v) is 10.2. The number of aryl methyl sites for hydroxylation is 1. The van der Waals surface area contributed by atoms with E-state index in [0.717, 1.165) is 5.56 Å². The first-order chi connectivity index (χ1) is 7.98. The topological polar surface area (TPSA) is 89.4 Å². The molecule has 17 heavy (non-hydrogen) atoms. The molecule has 0 unspecified atom stereocenters. The Hall–Kier alpha value is -1.05. The Morgan fingerprint density at radius 2 is 2.06 bits per heavy atom. The summed E-state index contributed by atoms with van der Waals surface area (Å²) < 4.78 is 37.1. The Labute approximate surface area is 99.8 Å². The van der Waals surface area contributed by atoms with E-state index in [1.165, 1.54) is 0 Å². The van der Waals surface area contributed by atoms with Crippen molar-refractivity contribution in [2.45, 2.75) is 31.1 Å². The average molecular weight is 258 g/mol. The lowest BCUT2D eigenvalue weighted by Gasteiger charge is -2.28. The van der Waals surface area contributed by atoms with Gasteiger partial charge in [0.2, 0.25) is 0 Å². The lowest BCUT2D eigenvalue weighted by Crippen LogP contribution is -2.34. The molecule has 1 fully saturated rings. The van der Waals surface area contributed by atoms with Crippen molar-refractivity contribution in [3.63, 3.8) is 0 Å². The van der Waals surface area contributed by atoms with Crippen LogP contribution in [-0.4, -0.2) is 34.8 Å². The fourth-order valence-corrected chi connectivity index (χ4v) is 2.83. The zero-order valence-electron chi connectivity index (χ0n) is 9.41. The smallest absolute Gasteiger partial charge is 0.270 e. The van der Waals surface area contributed by atoms with Gasteiger partial charge in [0, 0.05) is 19.0 Å². The van der Waals surface area contributed by atoms with E-state index in [0.29, 0.717) is 25.3 Å². The van der Waals surface area contributed by atoms with Crippen molar-refractivity contribution in [2.24, 2.45) is 0 Å². The average Bonchev–Trinajstić information content (AvgIpc) is 2.29. The summed E-state index contributed by atoms with van der Waals surface area (Å²) in [5, 5.41) is -0.973. The van der Waals surface area contributed by atoms with E-state index in [9.17, 15) is 8.42 Å². The van der Waals surface area contributed by atoms with Gasteiger partial charge in [-0.3, -0.25) is 4.55 Å². The van der Waals surface area contributed by atoms with Crippen molar-refractivity contribution < 1.29 is 17.7 Å². The minimum absolute atomic E-state index is 0.304. The van der Waals surface area contributed by atoms with Crippen molar-refractivity contribution in [2.75, 3.05) is 6.61 Å². The van der Waals surface area contributed by atoms with Gasteiger partial charge in [0.25, 0.3) is 10.1 Å². The Morgan fingerprint density at radius 1 is 1.41 bits per heavy atom. The summed E-state index contributed by atoms with van der Waals surface area (Å²) in [6, 6.07) is 0. The third kappa shape index (κ3) is 2.80. The fraction of sp³-hybridized carbons (Fsp3) is 0.600. The number of aromatic nitrogens is 2. The highest BCUT2D eigenvalue weighted by atomic mass is 32.2. The lowest BCUT2D eigenvalue weighted by molar-refractivity contribution is 0.0108. The van der Waals surface area contributed by atoms with Gasteiger partial charge in [-0.05, 0) is 25.3 Å². The highest BCUT2D eigenvalue weighted by Crippen LogP contribution is 2.30. The molecule has 2 rings (SSSR count). The second-order valence-electron chi connectivity index (χ2n) is 4.11. The Morgan fingerprint density at radius 3 is 2.65 bits per heavy atom. The Bertz CT molecular complexity index is 486. The summed E-state index contributed by atoms with van der Waals surface area (Å²) in [7, 11) is -4.14. The molecule has 0 aliphatic carbocycles. The van der Waals surface area contributed by atoms with Gasteiger partial charge < -0.3 is 4.74 Å². The maximum atomic E-state index is 11.3. The maximum absolute atomic E-state index is 11.3. The Balaban J connectivity index is 2.31. The first-order valence-electron chi connectivity index (χ1n) is 5.35. The highest BCUT2D eigenvalue weighted by Gasteiger charge is 2.38. The normalized spacial score (nSPS) is 25.8. The summed E-state index contributed by atoms with van der Waals surface area (Å²) in [6.45, 7) is 2.29. The van der Waals surface area contributed by atoms with Crippen LogP contribution in [0, 0.1) is 6.92 Å². The third-order valence-electron chi connectivity index (χ3n) is 2.71. The van der Waals surface area contributed by atoms with Crippen LogP contribution in [0.2, 0.25) is 0 Å². The first kappa shape index (κ1) is 12.4. The van der Waals surface area contributed by atoms with Crippen molar-refractivity contribution >= 4 is 10.1 Å². The standard InChI is InChI=1S/C10H14N2O4S/c1-7-5-11-10(12-6-7)9-8(17(13,14)15)3-2-4-16-9/h5-6,8-9H,2-4H2,1H3,(H,13,14,15)/t8-,9+/m1/s1. The Kier molecular flexibility index (Phi) is 3.41. The van der Waals surface area contributed by atoms with Gasteiger partial charge in [-0.2, -0.15) is 8.42 Å². The second-order valence-corrected chi connectivity index (χ2v) is 5.74. The van der Waals surface area contributed by atoms with Gasteiger partial charge in [-0.1, -0.05) is 0 Å². The monoisotopic (exact) mass is 258 g/mol. The summed E-state index contributed by atoms with van der Waals surface area (Å²) in [5.41, 5.74) is 0.882. The lowest BCUT2D eigenvalue weighted by atomic mass is 10.1. The predicted molar refractivity (Wildman–Crippen MR) is 60.0 cm³/mol. The number of hydrogen-bond donors (Lipinski definition) is 1. The van der Waals surface area contributed by atoms with Crippen LogP contribution in [0.3, 0.4) is 0 Å². The van der Waals surface area contributed by atoms with E-state index >= 15 is 0 Å². The number of hydrogen-bond acceptors (Lipinski definition) is 5. The van der Waals surface area contributed by atoms with E-state index in [4.69, 9.17) is 9.29 Å². The molecular weight excluding hydrogens is 244 g/mol. The molecule has 1 aromatic rings. The number of ether oxygens (including phenoxy) is 1. The molecule has 2 atom stereocenters. The highest BCUT2D eigenvalue weighted by molar-refractivity contribution is 7.86.